The Bertz CT molecular complexity index is 1600. The molecule has 0 heterocycles. The van der Waals surface area contributed by atoms with Gasteiger partial charge in [0.15, 0.2) is 5.75 Å². The summed E-state index contributed by atoms with van der Waals surface area (Å²) in [6, 6.07) is 29.9. The number of benzene rings is 4. The molecule has 2 atom stereocenters. The summed E-state index contributed by atoms with van der Waals surface area (Å²) in [7, 11) is 1.64. The highest BCUT2D eigenvalue weighted by Gasteiger charge is 2.22. The third kappa shape index (κ3) is 4.34. The summed E-state index contributed by atoms with van der Waals surface area (Å²) in [5.74, 6) is 0.241. The number of nitrogens with one attached hydrogen (secondary N) is 2. The SMILES string of the molecule is COc1ccc(C(N[C@H](C)c2cccc3ccccc23)c2cccc(Nc3c(O)c(=O)c3=O)c2)cc1. The Hall–Kier alpha value is -4.42. The average Bonchev–Trinajstić information content (AvgIpc) is 2.93. The number of rotatable bonds is 8. The van der Waals surface area contributed by atoms with E-state index in [9.17, 15) is 14.7 Å². The van der Waals surface area contributed by atoms with E-state index in [2.05, 4.69) is 47.9 Å². The molecule has 0 bridgehead atoms. The number of aromatic hydroxyl groups is 1. The zero-order valence-electron chi connectivity index (χ0n) is 20.0. The Kier molecular flexibility index (Phi) is 6.27. The van der Waals surface area contributed by atoms with Gasteiger partial charge in [-0.1, -0.05) is 66.7 Å². The summed E-state index contributed by atoms with van der Waals surface area (Å²) in [4.78, 5) is 23.2. The van der Waals surface area contributed by atoms with Gasteiger partial charge >= 0.3 is 0 Å². The van der Waals surface area contributed by atoms with Gasteiger partial charge in [-0.2, -0.15) is 0 Å². The molecular weight excluding hydrogens is 452 g/mol. The second-order valence-corrected chi connectivity index (χ2v) is 8.80. The van der Waals surface area contributed by atoms with Gasteiger partial charge in [0.2, 0.25) is 0 Å². The minimum atomic E-state index is -0.865. The summed E-state index contributed by atoms with van der Waals surface area (Å²) in [5.41, 5.74) is 2.13. The highest BCUT2D eigenvalue weighted by atomic mass is 16.5. The van der Waals surface area contributed by atoms with Crippen LogP contribution in [-0.4, -0.2) is 12.2 Å². The molecule has 0 amide bonds. The van der Waals surface area contributed by atoms with Crippen LogP contribution < -0.4 is 26.2 Å². The molecule has 6 heteroatoms. The maximum Gasteiger partial charge on any atom is 0.271 e. The van der Waals surface area contributed by atoms with Crippen molar-refractivity contribution in [1.82, 2.24) is 5.32 Å². The van der Waals surface area contributed by atoms with Gasteiger partial charge < -0.3 is 15.2 Å². The predicted octanol–water partition coefficient (Wildman–Crippen LogP) is 5.33. The first kappa shape index (κ1) is 23.3. The third-order valence-corrected chi connectivity index (χ3v) is 6.53. The summed E-state index contributed by atoms with van der Waals surface area (Å²) in [6.45, 7) is 2.14. The summed E-state index contributed by atoms with van der Waals surface area (Å²) < 4.78 is 5.35. The Morgan fingerprint density at radius 3 is 2.28 bits per heavy atom. The smallest absolute Gasteiger partial charge is 0.271 e. The molecule has 0 aliphatic carbocycles. The monoisotopic (exact) mass is 478 g/mol. The van der Waals surface area contributed by atoms with Crippen molar-refractivity contribution in [3.8, 4) is 11.5 Å². The molecule has 0 saturated carbocycles. The molecule has 180 valence electrons. The van der Waals surface area contributed by atoms with Gasteiger partial charge in [-0.05, 0) is 58.7 Å². The van der Waals surface area contributed by atoms with Crippen LogP contribution in [0.3, 0.4) is 0 Å². The van der Waals surface area contributed by atoms with Crippen molar-refractivity contribution < 1.29 is 9.84 Å². The first-order valence-electron chi connectivity index (χ1n) is 11.7. The van der Waals surface area contributed by atoms with Crippen molar-refractivity contribution in [2.75, 3.05) is 12.4 Å². The van der Waals surface area contributed by atoms with Crippen LogP contribution in [0.15, 0.2) is 101 Å². The van der Waals surface area contributed by atoms with Gasteiger partial charge in [-0.3, -0.25) is 14.9 Å². The average molecular weight is 479 g/mol. The number of ether oxygens (including phenoxy) is 1. The largest absolute Gasteiger partial charge is 0.502 e. The molecule has 36 heavy (non-hydrogen) atoms. The third-order valence-electron chi connectivity index (χ3n) is 6.53. The van der Waals surface area contributed by atoms with Crippen LogP contribution in [0.2, 0.25) is 0 Å². The molecule has 1 unspecified atom stereocenters. The lowest BCUT2D eigenvalue weighted by Gasteiger charge is -2.26. The molecular formula is C30H26N2O4. The standard InChI is InChI=1S/C30H26N2O4/c1-18(24-12-6-8-19-7-3-4-11-25(19)24)31-26(20-13-15-23(36-2)16-14-20)21-9-5-10-22(17-21)32-27-28(33)30(35)29(27)34/h3-18,26,31-33H,1-2H3/t18-,26?/m1/s1. The van der Waals surface area contributed by atoms with Gasteiger partial charge in [0.25, 0.3) is 10.9 Å². The number of fused-ring (bicyclic) bond motifs is 1. The van der Waals surface area contributed by atoms with Crippen molar-refractivity contribution in [3.63, 3.8) is 0 Å². The molecule has 6 nitrogen and oxygen atoms in total. The van der Waals surface area contributed by atoms with Crippen LogP contribution in [0.4, 0.5) is 11.4 Å². The molecule has 0 aliphatic rings. The lowest BCUT2D eigenvalue weighted by molar-refractivity contribution is 0.414. The fourth-order valence-corrected chi connectivity index (χ4v) is 4.59. The van der Waals surface area contributed by atoms with Crippen LogP contribution in [0.1, 0.15) is 35.7 Å². The number of hydrogen-bond acceptors (Lipinski definition) is 6. The Morgan fingerprint density at radius 1 is 0.806 bits per heavy atom. The second kappa shape index (κ2) is 9.68. The van der Waals surface area contributed by atoms with Crippen molar-refractivity contribution in [3.05, 3.63) is 128 Å². The second-order valence-electron chi connectivity index (χ2n) is 8.80. The van der Waals surface area contributed by atoms with E-state index in [4.69, 9.17) is 4.74 Å². The van der Waals surface area contributed by atoms with Gasteiger partial charge in [-0.25, -0.2) is 0 Å². The first-order chi connectivity index (χ1) is 17.5. The Balaban J connectivity index is 1.51. The fourth-order valence-electron chi connectivity index (χ4n) is 4.59. The molecule has 5 rings (SSSR count). The zero-order valence-corrected chi connectivity index (χ0v) is 20.0. The van der Waals surface area contributed by atoms with Crippen molar-refractivity contribution in [1.29, 1.82) is 0 Å². The van der Waals surface area contributed by atoms with Crippen LogP contribution >= 0.6 is 0 Å². The molecule has 3 N–H and O–H groups in total. The molecule has 0 fully saturated rings. The summed E-state index contributed by atoms with van der Waals surface area (Å²) >= 11 is 0. The first-order valence-corrected chi connectivity index (χ1v) is 11.7. The van der Waals surface area contributed by atoms with Crippen LogP contribution in [-0.2, 0) is 0 Å². The van der Waals surface area contributed by atoms with E-state index in [0.717, 1.165) is 16.9 Å². The number of methoxy groups -OCH3 is 1. The van der Waals surface area contributed by atoms with E-state index >= 15 is 0 Å². The summed E-state index contributed by atoms with van der Waals surface area (Å²) in [6.07, 6.45) is 0. The molecule has 5 aromatic carbocycles. The topological polar surface area (TPSA) is 87.7 Å². The maximum atomic E-state index is 11.8. The van der Waals surface area contributed by atoms with E-state index < -0.39 is 16.6 Å². The van der Waals surface area contributed by atoms with Crippen LogP contribution in [0, 0.1) is 0 Å². The van der Waals surface area contributed by atoms with Crippen LogP contribution in [0.25, 0.3) is 10.8 Å². The van der Waals surface area contributed by atoms with Crippen molar-refractivity contribution in [2.24, 2.45) is 0 Å². The Labute approximate surface area is 208 Å². The van der Waals surface area contributed by atoms with Crippen molar-refractivity contribution >= 4 is 22.1 Å². The van der Waals surface area contributed by atoms with Crippen LogP contribution in [0.5, 0.6) is 11.5 Å². The fraction of sp³-hybridized carbons (Fsp3) is 0.133. The lowest BCUT2D eigenvalue weighted by Crippen LogP contribution is -2.32. The predicted molar refractivity (Wildman–Crippen MR) is 143 cm³/mol. The molecule has 0 aromatic heterocycles. The van der Waals surface area contributed by atoms with Gasteiger partial charge in [0, 0.05) is 11.7 Å². The highest BCUT2D eigenvalue weighted by Crippen LogP contribution is 2.32. The molecule has 0 aliphatic heterocycles. The maximum absolute atomic E-state index is 11.8. The van der Waals surface area contributed by atoms with E-state index in [1.807, 2.05) is 54.6 Å². The highest BCUT2D eigenvalue weighted by molar-refractivity contribution is 5.86. The summed E-state index contributed by atoms with van der Waals surface area (Å²) in [5, 5.41) is 18.8. The van der Waals surface area contributed by atoms with Gasteiger partial charge in [-0.15, -0.1) is 0 Å². The van der Waals surface area contributed by atoms with E-state index in [1.165, 1.54) is 16.3 Å². The molecule has 0 saturated heterocycles. The van der Waals surface area contributed by atoms with E-state index in [-0.39, 0.29) is 17.8 Å². The minimum Gasteiger partial charge on any atom is -0.502 e. The quantitative estimate of drug-likeness (QED) is 0.261. The normalized spacial score (nSPS) is 12.9. The molecule has 5 aromatic rings. The lowest BCUT2D eigenvalue weighted by atomic mass is 9.94. The zero-order chi connectivity index (χ0) is 25.2. The van der Waals surface area contributed by atoms with E-state index in [1.54, 1.807) is 13.2 Å². The molecule has 0 spiro atoms. The van der Waals surface area contributed by atoms with Gasteiger partial charge in [0.05, 0.1) is 13.2 Å². The number of hydrogen-bond donors (Lipinski definition) is 3. The minimum absolute atomic E-state index is 0.0115. The van der Waals surface area contributed by atoms with Crippen molar-refractivity contribution in [2.45, 2.75) is 19.0 Å². The molecule has 0 radical (unpaired) electrons. The Morgan fingerprint density at radius 2 is 1.53 bits per heavy atom. The van der Waals surface area contributed by atoms with Gasteiger partial charge in [0.1, 0.15) is 11.4 Å². The number of anilines is 2. The van der Waals surface area contributed by atoms with E-state index in [0.29, 0.717) is 5.69 Å².